The van der Waals surface area contributed by atoms with E-state index in [-0.39, 0.29) is 5.41 Å². The van der Waals surface area contributed by atoms with E-state index in [0.717, 1.165) is 13.0 Å². The molecule has 90 valence electrons. The Hall–Kier alpha value is -0.830. The second-order valence-electron chi connectivity index (χ2n) is 5.90. The Kier molecular flexibility index (Phi) is 2.82. The minimum Gasteiger partial charge on any atom is -0.334 e. The smallest absolute Gasteiger partial charge is 0.114 e. The molecule has 0 radical (unpaired) electrons. The maximum atomic E-state index is 5.86. The summed E-state index contributed by atoms with van der Waals surface area (Å²) in [5.74, 6) is 1.70. The van der Waals surface area contributed by atoms with Crippen LogP contribution < -0.4 is 5.73 Å². The van der Waals surface area contributed by atoms with Crippen LogP contribution in [0.25, 0.3) is 0 Å². The lowest BCUT2D eigenvalue weighted by atomic mass is 9.90. The molecule has 0 aliphatic heterocycles. The summed E-state index contributed by atoms with van der Waals surface area (Å²) >= 11 is 0. The van der Waals surface area contributed by atoms with Gasteiger partial charge in [0.25, 0.3) is 0 Å². The molecule has 1 aromatic heterocycles. The average molecular weight is 221 g/mol. The fraction of sp³-hybridized carbons (Fsp3) is 0.769. The summed E-state index contributed by atoms with van der Waals surface area (Å²) in [5, 5.41) is 0. The Labute approximate surface area is 98.1 Å². The van der Waals surface area contributed by atoms with E-state index in [0.29, 0.717) is 5.92 Å². The van der Waals surface area contributed by atoms with Crippen LogP contribution in [0.2, 0.25) is 0 Å². The zero-order valence-electron chi connectivity index (χ0n) is 10.9. The van der Waals surface area contributed by atoms with E-state index in [1.54, 1.807) is 0 Å². The second kappa shape index (κ2) is 3.88. The third kappa shape index (κ3) is 1.77. The van der Waals surface area contributed by atoms with Gasteiger partial charge in [-0.2, -0.15) is 0 Å². The van der Waals surface area contributed by atoms with Crippen LogP contribution in [-0.2, 0) is 18.9 Å². The molecule has 16 heavy (non-hydrogen) atoms. The summed E-state index contributed by atoms with van der Waals surface area (Å²) in [6.07, 6.45) is 3.57. The van der Waals surface area contributed by atoms with Crippen molar-refractivity contribution < 1.29 is 0 Å². The van der Waals surface area contributed by atoms with Gasteiger partial charge >= 0.3 is 0 Å². The fourth-order valence-corrected chi connectivity index (χ4v) is 2.81. The second-order valence-corrected chi connectivity index (χ2v) is 5.90. The summed E-state index contributed by atoms with van der Waals surface area (Å²) in [7, 11) is 2.14. The maximum absolute atomic E-state index is 5.86. The number of fused-ring (bicyclic) bond motifs is 1. The van der Waals surface area contributed by atoms with Crippen LogP contribution >= 0.6 is 0 Å². The van der Waals surface area contributed by atoms with Crippen molar-refractivity contribution in [2.75, 3.05) is 6.54 Å². The van der Waals surface area contributed by atoms with Gasteiger partial charge in [0.2, 0.25) is 0 Å². The molecular formula is C13H23N3. The number of aromatic nitrogens is 2. The lowest BCUT2D eigenvalue weighted by Gasteiger charge is -2.23. The summed E-state index contributed by atoms with van der Waals surface area (Å²) in [6, 6.07) is 0. The Morgan fingerprint density at radius 2 is 2.12 bits per heavy atom. The van der Waals surface area contributed by atoms with Gasteiger partial charge in [-0.05, 0) is 19.3 Å². The van der Waals surface area contributed by atoms with Crippen molar-refractivity contribution in [3.8, 4) is 0 Å². The van der Waals surface area contributed by atoms with Crippen molar-refractivity contribution in [1.29, 1.82) is 0 Å². The van der Waals surface area contributed by atoms with Gasteiger partial charge in [-0.25, -0.2) is 4.98 Å². The molecule has 0 amide bonds. The number of rotatable bonds is 1. The molecule has 0 spiro atoms. The first kappa shape index (κ1) is 11.6. The van der Waals surface area contributed by atoms with Crippen LogP contribution in [0.1, 0.15) is 56.7 Å². The topological polar surface area (TPSA) is 43.8 Å². The summed E-state index contributed by atoms with van der Waals surface area (Å²) in [6.45, 7) is 7.41. The third-order valence-corrected chi connectivity index (χ3v) is 3.52. The SMILES string of the molecule is Cn1c(C(C)(C)C)nc2c1C(CN)CCC2. The molecular weight excluding hydrogens is 198 g/mol. The first-order valence-corrected chi connectivity index (χ1v) is 6.21. The van der Waals surface area contributed by atoms with Crippen LogP contribution in [0.15, 0.2) is 0 Å². The van der Waals surface area contributed by atoms with Crippen LogP contribution in [0, 0.1) is 0 Å². The van der Waals surface area contributed by atoms with Crippen LogP contribution in [0.4, 0.5) is 0 Å². The Morgan fingerprint density at radius 1 is 1.44 bits per heavy atom. The largest absolute Gasteiger partial charge is 0.334 e. The predicted octanol–water partition coefficient (Wildman–Crippen LogP) is 2.10. The lowest BCUT2D eigenvalue weighted by Crippen LogP contribution is -2.22. The first-order chi connectivity index (χ1) is 7.45. The van der Waals surface area contributed by atoms with Gasteiger partial charge in [0.15, 0.2) is 0 Å². The molecule has 0 aromatic carbocycles. The normalized spacial score (nSPS) is 20.9. The Morgan fingerprint density at radius 3 is 2.69 bits per heavy atom. The molecule has 3 heteroatoms. The number of imidazole rings is 1. The molecule has 0 saturated heterocycles. The average Bonchev–Trinajstić information content (AvgIpc) is 2.56. The van der Waals surface area contributed by atoms with Crippen LogP contribution in [0.3, 0.4) is 0 Å². The highest BCUT2D eigenvalue weighted by molar-refractivity contribution is 5.27. The minimum absolute atomic E-state index is 0.116. The molecule has 3 nitrogen and oxygen atoms in total. The predicted molar refractivity (Wildman–Crippen MR) is 66.6 cm³/mol. The molecule has 2 N–H and O–H groups in total. The van der Waals surface area contributed by atoms with E-state index in [1.165, 1.54) is 30.1 Å². The van der Waals surface area contributed by atoms with Crippen molar-refractivity contribution in [1.82, 2.24) is 9.55 Å². The van der Waals surface area contributed by atoms with Crippen LogP contribution in [-0.4, -0.2) is 16.1 Å². The molecule has 1 heterocycles. The van der Waals surface area contributed by atoms with Crippen LogP contribution in [0.5, 0.6) is 0 Å². The number of nitrogens with zero attached hydrogens (tertiary/aromatic N) is 2. The number of hydrogen-bond donors (Lipinski definition) is 1. The van der Waals surface area contributed by atoms with Gasteiger partial charge in [-0.1, -0.05) is 20.8 Å². The minimum atomic E-state index is 0.116. The van der Waals surface area contributed by atoms with Gasteiger partial charge in [0.1, 0.15) is 5.82 Å². The zero-order chi connectivity index (χ0) is 11.9. The maximum Gasteiger partial charge on any atom is 0.114 e. The molecule has 0 saturated carbocycles. The van der Waals surface area contributed by atoms with Crippen molar-refractivity contribution in [3.05, 3.63) is 17.2 Å². The third-order valence-electron chi connectivity index (χ3n) is 3.52. The van der Waals surface area contributed by atoms with Gasteiger partial charge in [-0.15, -0.1) is 0 Å². The van der Waals surface area contributed by atoms with E-state index >= 15 is 0 Å². The lowest BCUT2D eigenvalue weighted by molar-refractivity contribution is 0.498. The van der Waals surface area contributed by atoms with E-state index in [9.17, 15) is 0 Å². The quantitative estimate of drug-likeness (QED) is 0.789. The highest BCUT2D eigenvalue weighted by Gasteiger charge is 2.29. The number of aryl methyl sites for hydroxylation is 1. The van der Waals surface area contributed by atoms with Gasteiger partial charge in [0, 0.05) is 30.6 Å². The molecule has 2 rings (SSSR count). The van der Waals surface area contributed by atoms with E-state index < -0.39 is 0 Å². The van der Waals surface area contributed by atoms with E-state index in [1.807, 2.05) is 0 Å². The van der Waals surface area contributed by atoms with Crippen molar-refractivity contribution >= 4 is 0 Å². The van der Waals surface area contributed by atoms with Crippen molar-refractivity contribution in [3.63, 3.8) is 0 Å². The fourth-order valence-electron chi connectivity index (χ4n) is 2.81. The van der Waals surface area contributed by atoms with E-state index in [4.69, 9.17) is 10.7 Å². The number of nitrogens with two attached hydrogens (primary N) is 1. The first-order valence-electron chi connectivity index (χ1n) is 6.21. The standard InChI is InChI=1S/C13H23N3/c1-13(2,3)12-15-10-7-5-6-9(8-14)11(10)16(12)4/h9H,5-8,14H2,1-4H3. The summed E-state index contributed by atoms with van der Waals surface area (Å²) < 4.78 is 2.28. The van der Waals surface area contributed by atoms with E-state index in [2.05, 4.69) is 32.4 Å². The summed E-state index contributed by atoms with van der Waals surface area (Å²) in [5.41, 5.74) is 8.65. The molecule has 1 atom stereocenters. The number of hydrogen-bond acceptors (Lipinski definition) is 2. The monoisotopic (exact) mass is 221 g/mol. The molecule has 1 aliphatic carbocycles. The molecule has 1 aromatic rings. The highest BCUT2D eigenvalue weighted by atomic mass is 15.1. The summed E-state index contributed by atoms with van der Waals surface area (Å²) in [4.78, 5) is 4.83. The van der Waals surface area contributed by atoms with Gasteiger partial charge in [-0.3, -0.25) is 0 Å². The molecule has 0 fully saturated rings. The zero-order valence-corrected chi connectivity index (χ0v) is 10.9. The molecule has 1 aliphatic rings. The van der Waals surface area contributed by atoms with Gasteiger partial charge in [0.05, 0.1) is 5.69 Å². The molecule has 0 bridgehead atoms. The van der Waals surface area contributed by atoms with Gasteiger partial charge < -0.3 is 10.3 Å². The van der Waals surface area contributed by atoms with Crippen molar-refractivity contribution in [2.45, 2.75) is 51.4 Å². The van der Waals surface area contributed by atoms with Crippen molar-refractivity contribution in [2.24, 2.45) is 12.8 Å². The Balaban J connectivity index is 2.51. The molecule has 1 unspecified atom stereocenters. The Bertz CT molecular complexity index is 385. The highest BCUT2D eigenvalue weighted by Crippen LogP contribution is 2.33.